The lowest BCUT2D eigenvalue weighted by Crippen LogP contribution is -2.47. The number of para-hydroxylation sites is 1. The number of aromatic nitrogens is 2. The summed E-state index contributed by atoms with van der Waals surface area (Å²) >= 11 is 0. The predicted molar refractivity (Wildman–Crippen MR) is 153 cm³/mol. The van der Waals surface area contributed by atoms with Crippen LogP contribution in [0.15, 0.2) is 60.7 Å². The van der Waals surface area contributed by atoms with Crippen molar-refractivity contribution in [3.8, 4) is 6.07 Å². The Hall–Kier alpha value is -4.68. The number of benzene rings is 3. The molecule has 1 atom stereocenters. The third kappa shape index (κ3) is 5.33. The van der Waals surface area contributed by atoms with Crippen LogP contribution in [0.1, 0.15) is 45.7 Å². The van der Waals surface area contributed by atoms with Gasteiger partial charge >= 0.3 is 5.97 Å². The third-order valence-corrected chi connectivity index (χ3v) is 7.14. The van der Waals surface area contributed by atoms with Gasteiger partial charge in [-0.25, -0.2) is 14.8 Å². The molecule has 1 fully saturated rings. The maximum absolute atomic E-state index is 11.7. The van der Waals surface area contributed by atoms with E-state index in [1.54, 1.807) is 24.3 Å². The van der Waals surface area contributed by atoms with E-state index >= 15 is 0 Å². The molecule has 1 aliphatic rings. The average molecular weight is 522 g/mol. The number of rotatable bonds is 7. The Morgan fingerprint density at radius 3 is 2.44 bits per heavy atom. The SMILES string of the molecule is Cc1cc([C@@H](C)Nc2ccccc2C(=O)O)c2nc(N3CCN(c4ccc(CN)cc4)CC3)c(C#N)nc2c1. The normalized spacial score (nSPS) is 14.2. The molecule has 2 heterocycles. The van der Waals surface area contributed by atoms with Crippen molar-refractivity contribution in [2.24, 2.45) is 5.73 Å². The Bertz CT molecular complexity index is 1550. The van der Waals surface area contributed by atoms with Crippen molar-refractivity contribution >= 4 is 34.2 Å². The Kier molecular flexibility index (Phi) is 7.30. The maximum Gasteiger partial charge on any atom is 0.337 e. The van der Waals surface area contributed by atoms with Crippen molar-refractivity contribution in [1.82, 2.24) is 9.97 Å². The standard InChI is InChI=1S/C30H31N7O2/c1-19-15-24(20(2)33-25-6-4-3-5-23(25)30(38)39)28-26(16-19)34-27(18-32)29(35-28)37-13-11-36(12-14-37)22-9-7-21(17-31)8-10-22/h3-10,15-16,20,33H,11-14,17,31H2,1-2H3,(H,38,39)/t20-/m1/s1. The highest BCUT2D eigenvalue weighted by molar-refractivity contribution is 5.94. The quantitative estimate of drug-likeness (QED) is 0.322. The van der Waals surface area contributed by atoms with E-state index in [4.69, 9.17) is 15.7 Å². The molecule has 3 aromatic carbocycles. The largest absolute Gasteiger partial charge is 0.478 e. The van der Waals surface area contributed by atoms with Crippen LogP contribution in [0.4, 0.5) is 17.2 Å². The monoisotopic (exact) mass is 521 g/mol. The molecule has 4 aromatic rings. The van der Waals surface area contributed by atoms with E-state index in [0.717, 1.165) is 35.5 Å². The van der Waals surface area contributed by atoms with E-state index in [0.29, 0.717) is 47.9 Å². The summed E-state index contributed by atoms with van der Waals surface area (Å²) < 4.78 is 0. The first kappa shape index (κ1) is 25.9. The van der Waals surface area contributed by atoms with Gasteiger partial charge in [-0.1, -0.05) is 30.3 Å². The van der Waals surface area contributed by atoms with Crippen molar-refractivity contribution < 1.29 is 9.90 Å². The van der Waals surface area contributed by atoms with Crippen molar-refractivity contribution in [2.75, 3.05) is 41.3 Å². The summed E-state index contributed by atoms with van der Waals surface area (Å²) in [5.74, 6) is -0.416. The van der Waals surface area contributed by atoms with E-state index in [1.807, 2.05) is 26.0 Å². The first-order valence-electron chi connectivity index (χ1n) is 13.0. The van der Waals surface area contributed by atoms with Crippen molar-refractivity contribution in [3.63, 3.8) is 0 Å². The third-order valence-electron chi connectivity index (χ3n) is 7.14. The number of nitrogens with one attached hydrogen (secondary N) is 1. The van der Waals surface area contributed by atoms with Crippen LogP contribution < -0.4 is 20.9 Å². The fraction of sp³-hybridized carbons (Fsp3) is 0.267. The molecule has 0 spiro atoms. The molecule has 0 bridgehead atoms. The molecule has 5 rings (SSSR count). The molecule has 0 unspecified atom stereocenters. The highest BCUT2D eigenvalue weighted by Gasteiger charge is 2.24. The summed E-state index contributed by atoms with van der Waals surface area (Å²) in [4.78, 5) is 25.9. The van der Waals surface area contributed by atoms with Crippen molar-refractivity contribution in [1.29, 1.82) is 5.26 Å². The minimum absolute atomic E-state index is 0.204. The van der Waals surface area contributed by atoms with Gasteiger partial charge in [0.1, 0.15) is 6.07 Å². The first-order valence-corrected chi connectivity index (χ1v) is 13.0. The molecule has 9 nitrogen and oxygen atoms in total. The second kappa shape index (κ2) is 11.0. The number of hydrogen-bond acceptors (Lipinski definition) is 8. The van der Waals surface area contributed by atoms with Gasteiger partial charge in [-0.2, -0.15) is 5.26 Å². The zero-order valence-corrected chi connectivity index (χ0v) is 22.1. The van der Waals surface area contributed by atoms with Crippen LogP contribution >= 0.6 is 0 Å². The van der Waals surface area contributed by atoms with Crippen LogP contribution in [-0.2, 0) is 6.54 Å². The zero-order valence-electron chi connectivity index (χ0n) is 22.1. The van der Waals surface area contributed by atoms with Gasteiger partial charge in [0.05, 0.1) is 22.6 Å². The average Bonchev–Trinajstić information content (AvgIpc) is 2.96. The minimum atomic E-state index is -0.991. The topological polar surface area (TPSA) is 131 Å². The van der Waals surface area contributed by atoms with E-state index < -0.39 is 5.97 Å². The molecule has 9 heteroatoms. The van der Waals surface area contributed by atoms with Gasteiger partial charge in [-0.15, -0.1) is 0 Å². The number of carboxylic acid groups (broad SMARTS) is 1. The van der Waals surface area contributed by atoms with Crippen LogP contribution in [0.5, 0.6) is 0 Å². The Morgan fingerprint density at radius 2 is 1.77 bits per heavy atom. The Morgan fingerprint density at radius 1 is 1.08 bits per heavy atom. The number of hydrogen-bond donors (Lipinski definition) is 3. The lowest BCUT2D eigenvalue weighted by molar-refractivity contribution is 0.0698. The Labute approximate surface area is 227 Å². The van der Waals surface area contributed by atoms with Gasteiger partial charge in [-0.3, -0.25) is 0 Å². The molecule has 0 saturated carbocycles. The second-order valence-electron chi connectivity index (χ2n) is 9.79. The molecular formula is C30H31N7O2. The maximum atomic E-state index is 11.7. The van der Waals surface area contributed by atoms with Gasteiger partial charge in [0.15, 0.2) is 11.5 Å². The Balaban J connectivity index is 1.45. The van der Waals surface area contributed by atoms with Crippen LogP contribution in [0.25, 0.3) is 11.0 Å². The fourth-order valence-electron chi connectivity index (χ4n) is 5.07. The molecule has 39 heavy (non-hydrogen) atoms. The van der Waals surface area contributed by atoms with E-state index in [1.165, 1.54) is 0 Å². The van der Waals surface area contributed by atoms with E-state index in [2.05, 4.69) is 45.5 Å². The van der Waals surface area contributed by atoms with Crippen molar-refractivity contribution in [3.05, 3.63) is 88.6 Å². The number of aromatic carboxylic acids is 1. The zero-order chi connectivity index (χ0) is 27.5. The molecule has 4 N–H and O–H groups in total. The van der Waals surface area contributed by atoms with Crippen LogP contribution in [0.2, 0.25) is 0 Å². The lowest BCUT2D eigenvalue weighted by atomic mass is 10.0. The lowest BCUT2D eigenvalue weighted by Gasteiger charge is -2.37. The second-order valence-corrected chi connectivity index (χ2v) is 9.79. The number of anilines is 3. The highest BCUT2D eigenvalue weighted by atomic mass is 16.4. The van der Waals surface area contributed by atoms with Gasteiger partial charge < -0.3 is 26.0 Å². The van der Waals surface area contributed by atoms with E-state index in [9.17, 15) is 15.2 Å². The molecule has 1 aliphatic heterocycles. The summed E-state index contributed by atoms with van der Waals surface area (Å²) in [7, 11) is 0. The fourth-order valence-corrected chi connectivity index (χ4v) is 5.07. The molecule has 1 saturated heterocycles. The van der Waals surface area contributed by atoms with Crippen LogP contribution in [-0.4, -0.2) is 47.2 Å². The van der Waals surface area contributed by atoms with Gasteiger partial charge in [0, 0.05) is 49.7 Å². The van der Waals surface area contributed by atoms with Gasteiger partial charge in [-0.05, 0) is 55.3 Å². The summed E-state index contributed by atoms with van der Waals surface area (Å²) in [6, 6.07) is 21.1. The number of piperazine rings is 1. The molecule has 0 radical (unpaired) electrons. The summed E-state index contributed by atoms with van der Waals surface area (Å²) in [6.07, 6.45) is 0. The minimum Gasteiger partial charge on any atom is -0.478 e. The molecule has 0 aliphatic carbocycles. The number of nitriles is 1. The number of nitrogens with two attached hydrogens (primary N) is 1. The smallest absolute Gasteiger partial charge is 0.337 e. The number of carbonyl (C=O) groups is 1. The number of nitrogens with zero attached hydrogens (tertiary/aromatic N) is 5. The number of fused-ring (bicyclic) bond motifs is 1. The van der Waals surface area contributed by atoms with Gasteiger partial charge in [0.25, 0.3) is 0 Å². The van der Waals surface area contributed by atoms with Crippen LogP contribution in [0, 0.1) is 18.3 Å². The van der Waals surface area contributed by atoms with Crippen molar-refractivity contribution in [2.45, 2.75) is 26.4 Å². The summed E-state index contributed by atoms with van der Waals surface area (Å²) in [5, 5.41) is 22.9. The summed E-state index contributed by atoms with van der Waals surface area (Å²) in [5.41, 5.74) is 12.2. The molecular weight excluding hydrogens is 490 g/mol. The molecule has 198 valence electrons. The molecule has 0 amide bonds. The number of carboxylic acids is 1. The van der Waals surface area contributed by atoms with E-state index in [-0.39, 0.29) is 11.6 Å². The van der Waals surface area contributed by atoms with Crippen LogP contribution in [0.3, 0.4) is 0 Å². The van der Waals surface area contributed by atoms with Gasteiger partial charge in [0.2, 0.25) is 0 Å². The predicted octanol–water partition coefficient (Wildman–Crippen LogP) is 4.47. The number of aryl methyl sites for hydroxylation is 1. The summed E-state index contributed by atoms with van der Waals surface area (Å²) in [6.45, 7) is 7.45. The molecule has 1 aromatic heterocycles. The first-order chi connectivity index (χ1) is 18.9. The highest BCUT2D eigenvalue weighted by Crippen LogP contribution is 2.31.